The Bertz CT molecular complexity index is 66.5. The molecule has 0 radical (unpaired) electrons. The quantitative estimate of drug-likeness (QED) is 0.473. The smallest absolute Gasteiger partial charge is 0.128 e. The van der Waals surface area contributed by atoms with Gasteiger partial charge < -0.3 is 0 Å². The van der Waals surface area contributed by atoms with Crippen molar-refractivity contribution in [2.75, 3.05) is 6.67 Å². The van der Waals surface area contributed by atoms with Gasteiger partial charge >= 0.3 is 0 Å². The van der Waals surface area contributed by atoms with E-state index in [0.717, 1.165) is 6.42 Å². The van der Waals surface area contributed by atoms with E-state index in [2.05, 4.69) is 16.7 Å². The van der Waals surface area contributed by atoms with E-state index < -0.39 is 0 Å². The fourth-order valence-corrected chi connectivity index (χ4v) is 0.245. The van der Waals surface area contributed by atoms with Crippen molar-refractivity contribution in [3.05, 3.63) is 0 Å². The van der Waals surface area contributed by atoms with Crippen LogP contribution in [0.1, 0.15) is 13.3 Å². The van der Waals surface area contributed by atoms with Gasteiger partial charge in [0.25, 0.3) is 0 Å². The average Bonchev–Trinajstić information content (AvgIpc) is 1.69. The molecule has 0 spiro atoms. The maximum Gasteiger partial charge on any atom is 0.128 e. The molecule has 0 saturated heterocycles. The number of hydrogen-bond acceptors (Lipinski definition) is 2. The number of rotatable bonds is 3. The Hall–Kier alpha value is -0.660. The molecule has 2 nitrogen and oxygen atoms in total. The third kappa shape index (κ3) is 5.34. The SMILES string of the molecule is C=NCN=CCC. The first-order valence-electron chi connectivity index (χ1n) is 2.32. The van der Waals surface area contributed by atoms with Crippen molar-refractivity contribution in [1.29, 1.82) is 0 Å². The van der Waals surface area contributed by atoms with E-state index in [0.29, 0.717) is 6.67 Å². The summed E-state index contributed by atoms with van der Waals surface area (Å²) in [6.45, 7) is 5.81. The standard InChI is InChI=1S/C5H10N2/c1-3-4-7-5-6-2/h4H,2-3,5H2,1H3. The minimum Gasteiger partial charge on any atom is -0.278 e. The summed E-state index contributed by atoms with van der Waals surface area (Å²) in [6, 6.07) is 0. The maximum absolute atomic E-state index is 3.85. The Morgan fingerprint density at radius 3 is 2.86 bits per heavy atom. The fraction of sp³-hybridized carbons (Fsp3) is 0.600. The molecule has 40 valence electrons. The predicted molar refractivity (Wildman–Crippen MR) is 33.2 cm³/mol. The zero-order valence-electron chi connectivity index (χ0n) is 4.59. The number of nitrogens with zero attached hydrogens (tertiary/aromatic N) is 2. The highest BCUT2D eigenvalue weighted by molar-refractivity contribution is 5.56. The Labute approximate surface area is 44.0 Å². The maximum atomic E-state index is 3.85. The highest BCUT2D eigenvalue weighted by atomic mass is 14.9. The minimum atomic E-state index is 0.508. The summed E-state index contributed by atoms with van der Waals surface area (Å²) >= 11 is 0. The van der Waals surface area contributed by atoms with E-state index in [1.807, 2.05) is 13.1 Å². The van der Waals surface area contributed by atoms with Crippen LogP contribution in [0.5, 0.6) is 0 Å². The van der Waals surface area contributed by atoms with Gasteiger partial charge in [-0.25, -0.2) is 0 Å². The molecule has 0 aromatic carbocycles. The molecule has 0 N–H and O–H groups in total. The van der Waals surface area contributed by atoms with Crippen LogP contribution >= 0.6 is 0 Å². The molecule has 7 heavy (non-hydrogen) atoms. The van der Waals surface area contributed by atoms with Crippen LogP contribution in [0.15, 0.2) is 9.98 Å². The molecule has 0 atom stereocenters. The fourth-order valence-electron chi connectivity index (χ4n) is 0.245. The van der Waals surface area contributed by atoms with Gasteiger partial charge in [-0.1, -0.05) is 6.92 Å². The molecule has 2 heteroatoms. The second-order valence-corrected chi connectivity index (χ2v) is 1.14. The minimum absolute atomic E-state index is 0.508. The van der Waals surface area contributed by atoms with E-state index >= 15 is 0 Å². The van der Waals surface area contributed by atoms with Crippen LogP contribution < -0.4 is 0 Å². The van der Waals surface area contributed by atoms with Crippen LogP contribution in [0.3, 0.4) is 0 Å². The Morgan fingerprint density at radius 2 is 2.43 bits per heavy atom. The molecule has 0 heterocycles. The van der Waals surface area contributed by atoms with Crippen LogP contribution in [-0.4, -0.2) is 19.6 Å². The first-order valence-corrected chi connectivity index (χ1v) is 2.32. The molecule has 0 aliphatic heterocycles. The first kappa shape index (κ1) is 6.34. The summed E-state index contributed by atoms with van der Waals surface area (Å²) in [4.78, 5) is 7.38. The van der Waals surface area contributed by atoms with E-state index in [4.69, 9.17) is 0 Å². The molecule has 0 unspecified atom stereocenters. The van der Waals surface area contributed by atoms with Crippen molar-refractivity contribution in [2.45, 2.75) is 13.3 Å². The monoisotopic (exact) mass is 98.1 g/mol. The highest BCUT2D eigenvalue weighted by Crippen LogP contribution is 1.69. The lowest BCUT2D eigenvalue weighted by molar-refractivity contribution is 1.08. The van der Waals surface area contributed by atoms with Gasteiger partial charge in [0.1, 0.15) is 6.67 Å². The average molecular weight is 98.1 g/mol. The molecule has 0 aliphatic rings. The van der Waals surface area contributed by atoms with E-state index in [1.54, 1.807) is 0 Å². The summed E-state index contributed by atoms with van der Waals surface area (Å²) in [5, 5.41) is 0. The Morgan fingerprint density at radius 1 is 1.71 bits per heavy atom. The molecule has 0 aliphatic carbocycles. The van der Waals surface area contributed by atoms with Crippen molar-refractivity contribution < 1.29 is 0 Å². The zero-order chi connectivity index (χ0) is 5.54. The first-order chi connectivity index (χ1) is 3.41. The summed E-state index contributed by atoms with van der Waals surface area (Å²) in [7, 11) is 0. The molecule has 0 amide bonds. The van der Waals surface area contributed by atoms with Gasteiger partial charge in [-0.3, -0.25) is 9.98 Å². The summed E-state index contributed by atoms with van der Waals surface area (Å²) in [5.74, 6) is 0. The van der Waals surface area contributed by atoms with Crippen molar-refractivity contribution in [2.24, 2.45) is 9.98 Å². The summed E-state index contributed by atoms with van der Waals surface area (Å²) < 4.78 is 0. The largest absolute Gasteiger partial charge is 0.278 e. The van der Waals surface area contributed by atoms with Gasteiger partial charge in [0.05, 0.1) is 0 Å². The lowest BCUT2D eigenvalue weighted by atomic mass is 10.5. The van der Waals surface area contributed by atoms with E-state index in [-0.39, 0.29) is 0 Å². The van der Waals surface area contributed by atoms with Crippen LogP contribution in [0.4, 0.5) is 0 Å². The summed E-state index contributed by atoms with van der Waals surface area (Å²) in [5.41, 5.74) is 0. The van der Waals surface area contributed by atoms with Crippen molar-refractivity contribution in [3.8, 4) is 0 Å². The van der Waals surface area contributed by atoms with Crippen molar-refractivity contribution >= 4 is 12.9 Å². The second kappa shape index (κ2) is 5.34. The van der Waals surface area contributed by atoms with E-state index in [1.165, 1.54) is 0 Å². The van der Waals surface area contributed by atoms with E-state index in [9.17, 15) is 0 Å². The lowest BCUT2D eigenvalue weighted by Crippen LogP contribution is -1.71. The molecule has 0 aromatic rings. The van der Waals surface area contributed by atoms with Gasteiger partial charge in [0.2, 0.25) is 0 Å². The van der Waals surface area contributed by atoms with Crippen LogP contribution in [0, 0.1) is 0 Å². The molecule has 0 bridgehead atoms. The van der Waals surface area contributed by atoms with Gasteiger partial charge in [-0.15, -0.1) is 0 Å². The molecule has 0 aromatic heterocycles. The molecule has 0 saturated carbocycles. The van der Waals surface area contributed by atoms with Crippen molar-refractivity contribution in [3.63, 3.8) is 0 Å². The Balaban J connectivity index is 2.92. The molecule has 0 rings (SSSR count). The van der Waals surface area contributed by atoms with Gasteiger partial charge in [0, 0.05) is 6.21 Å². The predicted octanol–water partition coefficient (Wildman–Crippen LogP) is 1.13. The Kier molecular flexibility index (Phi) is 4.84. The summed E-state index contributed by atoms with van der Waals surface area (Å²) in [6.07, 6.45) is 2.81. The van der Waals surface area contributed by atoms with Crippen LogP contribution in [0.25, 0.3) is 0 Å². The topological polar surface area (TPSA) is 24.7 Å². The normalized spacial score (nSPS) is 9.86. The second-order valence-electron chi connectivity index (χ2n) is 1.14. The molecular formula is C5H10N2. The van der Waals surface area contributed by atoms with Crippen LogP contribution in [-0.2, 0) is 0 Å². The highest BCUT2D eigenvalue weighted by Gasteiger charge is 1.63. The van der Waals surface area contributed by atoms with Gasteiger partial charge in [0.15, 0.2) is 0 Å². The lowest BCUT2D eigenvalue weighted by Gasteiger charge is -1.77. The van der Waals surface area contributed by atoms with Crippen LogP contribution in [0.2, 0.25) is 0 Å². The van der Waals surface area contributed by atoms with Crippen molar-refractivity contribution in [1.82, 2.24) is 0 Å². The number of hydrogen-bond donors (Lipinski definition) is 0. The van der Waals surface area contributed by atoms with Gasteiger partial charge in [-0.05, 0) is 13.1 Å². The third-order valence-electron chi connectivity index (χ3n) is 0.493. The number of aliphatic imine (C=N–C) groups is 2. The molecular weight excluding hydrogens is 88.1 g/mol. The van der Waals surface area contributed by atoms with Gasteiger partial charge in [-0.2, -0.15) is 0 Å². The zero-order valence-corrected chi connectivity index (χ0v) is 4.59. The third-order valence-corrected chi connectivity index (χ3v) is 0.493. The molecule has 0 fully saturated rings.